The van der Waals surface area contributed by atoms with Crippen molar-refractivity contribution in [3.8, 4) is 6.07 Å². The second kappa shape index (κ2) is 5.33. The Morgan fingerprint density at radius 2 is 2.00 bits per heavy atom. The molecule has 0 aromatic heterocycles. The molecule has 0 saturated carbocycles. The number of amides is 1. The van der Waals surface area contributed by atoms with Gasteiger partial charge in [0, 0.05) is 18.7 Å². The van der Waals surface area contributed by atoms with Gasteiger partial charge in [-0.3, -0.25) is 9.59 Å². The number of aliphatic carboxylic acids is 1. The number of carbonyl (C=O) groups is 2. The van der Waals surface area contributed by atoms with Gasteiger partial charge in [-0.2, -0.15) is 5.26 Å². The third-order valence-electron chi connectivity index (χ3n) is 3.76. The minimum absolute atomic E-state index is 0.179. The zero-order chi connectivity index (χ0) is 14.8. The number of likely N-dealkylation sites (tertiary alicyclic amines) is 1. The number of piperidine rings is 1. The lowest BCUT2D eigenvalue weighted by molar-refractivity contribution is -0.150. The molecule has 1 N–H and O–H groups in total. The van der Waals surface area contributed by atoms with Crippen LogP contribution in [0.15, 0.2) is 24.3 Å². The maximum absolute atomic E-state index is 12.4. The van der Waals surface area contributed by atoms with Crippen molar-refractivity contribution >= 4 is 11.9 Å². The van der Waals surface area contributed by atoms with Gasteiger partial charge in [0.15, 0.2) is 0 Å². The number of carboxylic acid groups (broad SMARTS) is 1. The summed E-state index contributed by atoms with van der Waals surface area (Å²) in [5, 5.41) is 18.0. The molecular formula is C15H16N2O3. The summed E-state index contributed by atoms with van der Waals surface area (Å²) in [6, 6.07) is 8.39. The Kier molecular flexibility index (Phi) is 3.75. The Bertz CT molecular complexity index is 574. The highest BCUT2D eigenvalue weighted by Crippen LogP contribution is 2.30. The lowest BCUT2D eigenvalue weighted by Crippen LogP contribution is -2.48. The monoisotopic (exact) mass is 272 g/mol. The first-order chi connectivity index (χ1) is 9.46. The Hall–Kier alpha value is -2.35. The predicted molar refractivity (Wildman–Crippen MR) is 72.0 cm³/mol. The fourth-order valence-corrected chi connectivity index (χ4v) is 2.46. The molecule has 104 valence electrons. The average Bonchev–Trinajstić information content (AvgIpc) is 2.46. The predicted octanol–water partition coefficient (Wildman–Crippen LogP) is 1.89. The Morgan fingerprint density at radius 3 is 2.55 bits per heavy atom. The van der Waals surface area contributed by atoms with E-state index in [-0.39, 0.29) is 12.5 Å². The van der Waals surface area contributed by atoms with E-state index < -0.39 is 11.4 Å². The average molecular weight is 272 g/mol. The number of nitrogens with zero attached hydrogens (tertiary/aromatic N) is 2. The molecule has 1 unspecified atom stereocenters. The number of benzene rings is 1. The quantitative estimate of drug-likeness (QED) is 0.891. The number of carbonyl (C=O) groups excluding carboxylic acids is 1. The van der Waals surface area contributed by atoms with E-state index in [1.54, 1.807) is 36.1 Å². The van der Waals surface area contributed by atoms with E-state index in [1.165, 1.54) is 0 Å². The highest BCUT2D eigenvalue weighted by atomic mass is 16.4. The van der Waals surface area contributed by atoms with Crippen LogP contribution >= 0.6 is 0 Å². The van der Waals surface area contributed by atoms with Crippen molar-refractivity contribution in [3.63, 3.8) is 0 Å². The van der Waals surface area contributed by atoms with E-state index in [0.717, 1.165) is 0 Å². The van der Waals surface area contributed by atoms with Crippen LogP contribution in [0.2, 0.25) is 0 Å². The van der Waals surface area contributed by atoms with E-state index >= 15 is 0 Å². The van der Waals surface area contributed by atoms with Crippen LogP contribution in [0, 0.1) is 16.7 Å². The maximum Gasteiger partial charge on any atom is 0.311 e. The van der Waals surface area contributed by atoms with Gasteiger partial charge >= 0.3 is 5.97 Å². The first kappa shape index (κ1) is 14.1. The molecule has 2 rings (SSSR count). The van der Waals surface area contributed by atoms with E-state index in [0.29, 0.717) is 30.5 Å². The van der Waals surface area contributed by atoms with Gasteiger partial charge in [-0.15, -0.1) is 0 Å². The van der Waals surface area contributed by atoms with Gasteiger partial charge in [0.2, 0.25) is 0 Å². The van der Waals surface area contributed by atoms with Crippen LogP contribution in [0.25, 0.3) is 0 Å². The van der Waals surface area contributed by atoms with Crippen molar-refractivity contribution in [2.45, 2.75) is 19.8 Å². The summed E-state index contributed by atoms with van der Waals surface area (Å²) in [7, 11) is 0. The summed E-state index contributed by atoms with van der Waals surface area (Å²) < 4.78 is 0. The first-order valence-corrected chi connectivity index (χ1v) is 6.49. The molecule has 5 nitrogen and oxygen atoms in total. The summed E-state index contributed by atoms with van der Waals surface area (Å²) >= 11 is 0. The van der Waals surface area contributed by atoms with Gasteiger partial charge in [0.25, 0.3) is 5.91 Å². The molecule has 1 aliphatic rings. The van der Waals surface area contributed by atoms with Crippen LogP contribution in [-0.4, -0.2) is 35.0 Å². The van der Waals surface area contributed by atoms with Crippen LogP contribution in [0.5, 0.6) is 0 Å². The van der Waals surface area contributed by atoms with Gasteiger partial charge in [-0.1, -0.05) is 0 Å². The molecule has 0 spiro atoms. The smallest absolute Gasteiger partial charge is 0.311 e. The SMILES string of the molecule is CC1(C(=O)O)CCCN(C(=O)c2ccc(C#N)cc2)C1. The van der Waals surface area contributed by atoms with E-state index in [1.807, 2.05) is 6.07 Å². The summed E-state index contributed by atoms with van der Waals surface area (Å²) in [4.78, 5) is 25.2. The van der Waals surface area contributed by atoms with Crippen LogP contribution in [0.3, 0.4) is 0 Å². The molecule has 0 radical (unpaired) electrons. The summed E-state index contributed by atoms with van der Waals surface area (Å²) in [5.74, 6) is -1.04. The number of hydrogen-bond donors (Lipinski definition) is 1. The Labute approximate surface area is 117 Å². The van der Waals surface area contributed by atoms with Crippen LogP contribution < -0.4 is 0 Å². The summed E-state index contributed by atoms with van der Waals surface area (Å²) in [6.45, 7) is 2.47. The number of nitriles is 1. The van der Waals surface area contributed by atoms with Gasteiger partial charge in [0.05, 0.1) is 17.0 Å². The zero-order valence-corrected chi connectivity index (χ0v) is 11.3. The van der Waals surface area contributed by atoms with Gasteiger partial charge in [-0.05, 0) is 44.0 Å². The van der Waals surface area contributed by atoms with E-state index in [4.69, 9.17) is 5.26 Å². The molecule has 5 heteroatoms. The first-order valence-electron chi connectivity index (χ1n) is 6.49. The molecule has 1 heterocycles. The van der Waals surface area contributed by atoms with Crippen LogP contribution in [-0.2, 0) is 4.79 Å². The highest BCUT2D eigenvalue weighted by Gasteiger charge is 2.39. The molecule has 1 aliphatic heterocycles. The van der Waals surface area contributed by atoms with Crippen molar-refractivity contribution in [1.82, 2.24) is 4.90 Å². The Balaban J connectivity index is 2.16. The lowest BCUT2D eigenvalue weighted by atomic mass is 9.82. The van der Waals surface area contributed by atoms with Gasteiger partial charge in [0.1, 0.15) is 0 Å². The fourth-order valence-electron chi connectivity index (χ4n) is 2.46. The fraction of sp³-hybridized carbons (Fsp3) is 0.400. The minimum atomic E-state index is -0.874. The lowest BCUT2D eigenvalue weighted by Gasteiger charge is -2.37. The molecule has 0 aliphatic carbocycles. The molecule has 1 aromatic rings. The van der Waals surface area contributed by atoms with Gasteiger partial charge in [-0.25, -0.2) is 0 Å². The van der Waals surface area contributed by atoms with Crippen molar-refractivity contribution in [3.05, 3.63) is 35.4 Å². The number of rotatable bonds is 2. The van der Waals surface area contributed by atoms with Gasteiger partial charge < -0.3 is 10.0 Å². The summed E-state index contributed by atoms with van der Waals surface area (Å²) in [5.41, 5.74) is 0.106. The maximum atomic E-state index is 12.4. The van der Waals surface area contributed by atoms with Crippen LogP contribution in [0.1, 0.15) is 35.7 Å². The van der Waals surface area contributed by atoms with Crippen molar-refractivity contribution in [1.29, 1.82) is 5.26 Å². The van der Waals surface area contributed by atoms with Crippen LogP contribution in [0.4, 0.5) is 0 Å². The van der Waals surface area contributed by atoms with E-state index in [9.17, 15) is 14.7 Å². The molecule has 1 fully saturated rings. The molecule has 1 saturated heterocycles. The zero-order valence-electron chi connectivity index (χ0n) is 11.3. The molecule has 20 heavy (non-hydrogen) atoms. The third kappa shape index (κ3) is 2.64. The van der Waals surface area contributed by atoms with Crippen molar-refractivity contribution in [2.75, 3.05) is 13.1 Å². The Morgan fingerprint density at radius 1 is 1.35 bits per heavy atom. The molecule has 1 aromatic carbocycles. The largest absolute Gasteiger partial charge is 0.481 e. The molecule has 1 amide bonds. The van der Waals surface area contributed by atoms with Crippen molar-refractivity contribution in [2.24, 2.45) is 5.41 Å². The summed E-state index contributed by atoms with van der Waals surface area (Å²) in [6.07, 6.45) is 1.27. The second-order valence-electron chi connectivity index (χ2n) is 5.39. The highest BCUT2D eigenvalue weighted by molar-refractivity contribution is 5.94. The topological polar surface area (TPSA) is 81.4 Å². The van der Waals surface area contributed by atoms with E-state index in [2.05, 4.69) is 0 Å². The minimum Gasteiger partial charge on any atom is -0.481 e. The molecule has 1 atom stereocenters. The molecule has 0 bridgehead atoms. The second-order valence-corrected chi connectivity index (χ2v) is 5.39. The third-order valence-corrected chi connectivity index (χ3v) is 3.76. The molecular weight excluding hydrogens is 256 g/mol. The number of carboxylic acids is 1. The normalized spacial score (nSPS) is 22.1. The van der Waals surface area contributed by atoms with Crippen molar-refractivity contribution < 1.29 is 14.7 Å². The number of hydrogen-bond acceptors (Lipinski definition) is 3. The standard InChI is InChI=1S/C15H16N2O3/c1-15(14(19)20)7-2-8-17(10-15)13(18)12-5-3-11(9-16)4-6-12/h3-6H,2,7-8,10H2,1H3,(H,19,20).